The Labute approximate surface area is 75.1 Å². The quantitative estimate of drug-likeness (QED) is 0.627. The molecule has 0 amide bonds. The largest absolute Gasteiger partial charge is 0.330 e. The Morgan fingerprint density at radius 2 is 1.91 bits per heavy atom. The van der Waals surface area contributed by atoms with Gasteiger partial charge in [-0.15, -0.1) is 0 Å². The van der Waals surface area contributed by atoms with Crippen molar-refractivity contribution in [2.24, 2.45) is 17.6 Å². The highest BCUT2D eigenvalue weighted by Gasteiger charge is 2.08. The average Bonchev–Trinajstić information content (AvgIpc) is 2.03. The second-order valence-corrected chi connectivity index (χ2v) is 4.31. The topological polar surface area (TPSA) is 26.0 Å². The van der Waals surface area contributed by atoms with Crippen LogP contribution in [0.15, 0.2) is 0 Å². The lowest BCUT2D eigenvalue weighted by Crippen LogP contribution is -2.18. The molecule has 0 saturated carbocycles. The summed E-state index contributed by atoms with van der Waals surface area (Å²) in [5, 5.41) is 0. The van der Waals surface area contributed by atoms with E-state index in [2.05, 4.69) is 20.1 Å². The van der Waals surface area contributed by atoms with E-state index in [0.717, 1.165) is 12.5 Å². The predicted octanol–water partition coefficient (Wildman–Crippen LogP) is 2.36. The first-order valence-corrected chi connectivity index (χ1v) is 5.80. The zero-order valence-corrected chi connectivity index (χ0v) is 8.79. The van der Waals surface area contributed by atoms with Crippen molar-refractivity contribution in [2.75, 3.05) is 18.6 Å². The summed E-state index contributed by atoms with van der Waals surface area (Å²) >= 11 is 1.93. The van der Waals surface area contributed by atoms with Crippen LogP contribution in [0.4, 0.5) is 0 Å². The van der Waals surface area contributed by atoms with E-state index in [1.54, 1.807) is 0 Å². The summed E-state index contributed by atoms with van der Waals surface area (Å²) in [6.07, 6.45) is 4.84. The van der Waals surface area contributed by atoms with E-state index in [1.165, 1.54) is 18.6 Å². The summed E-state index contributed by atoms with van der Waals surface area (Å²) < 4.78 is 0. The highest BCUT2D eigenvalue weighted by Crippen LogP contribution is 2.16. The van der Waals surface area contributed by atoms with Crippen LogP contribution in [0.3, 0.4) is 0 Å². The highest BCUT2D eigenvalue weighted by atomic mass is 32.2. The van der Waals surface area contributed by atoms with Crippen LogP contribution in [0.1, 0.15) is 26.7 Å². The molecule has 2 N–H and O–H groups in total. The summed E-state index contributed by atoms with van der Waals surface area (Å²) in [5.74, 6) is 2.78. The zero-order chi connectivity index (χ0) is 8.69. The third kappa shape index (κ3) is 5.57. The maximum Gasteiger partial charge on any atom is -0.00490 e. The summed E-state index contributed by atoms with van der Waals surface area (Å²) in [5.41, 5.74) is 5.57. The molecule has 0 fully saturated rings. The number of hydrogen-bond donors (Lipinski definition) is 1. The summed E-state index contributed by atoms with van der Waals surface area (Å²) in [4.78, 5) is 0. The summed E-state index contributed by atoms with van der Waals surface area (Å²) in [6, 6.07) is 0. The fourth-order valence-electron chi connectivity index (χ4n) is 1.07. The second kappa shape index (κ2) is 6.99. The van der Waals surface area contributed by atoms with Crippen LogP contribution < -0.4 is 5.73 Å². The standard InChI is InChI=1S/C9H21NS/c1-8(9(2)7-10)5-4-6-11-3/h8-9H,4-7,10H2,1-3H3. The van der Waals surface area contributed by atoms with Gasteiger partial charge in [-0.2, -0.15) is 11.8 Å². The minimum absolute atomic E-state index is 0.692. The molecule has 1 nitrogen and oxygen atoms in total. The van der Waals surface area contributed by atoms with E-state index >= 15 is 0 Å². The molecule has 0 bridgehead atoms. The fourth-order valence-corrected chi connectivity index (χ4v) is 1.52. The summed E-state index contributed by atoms with van der Waals surface area (Å²) in [6.45, 7) is 5.38. The first-order chi connectivity index (χ1) is 5.22. The molecule has 0 radical (unpaired) electrons. The van der Waals surface area contributed by atoms with Gasteiger partial charge in [0.25, 0.3) is 0 Å². The van der Waals surface area contributed by atoms with Crippen molar-refractivity contribution in [3.05, 3.63) is 0 Å². The minimum atomic E-state index is 0.692. The maximum atomic E-state index is 5.57. The lowest BCUT2D eigenvalue weighted by atomic mass is 9.92. The van der Waals surface area contributed by atoms with Crippen LogP contribution in [0.5, 0.6) is 0 Å². The van der Waals surface area contributed by atoms with Gasteiger partial charge in [0.15, 0.2) is 0 Å². The number of thioether (sulfide) groups is 1. The molecule has 0 spiro atoms. The third-order valence-electron chi connectivity index (χ3n) is 2.35. The van der Waals surface area contributed by atoms with E-state index in [9.17, 15) is 0 Å². The highest BCUT2D eigenvalue weighted by molar-refractivity contribution is 7.98. The Kier molecular flexibility index (Phi) is 7.18. The van der Waals surface area contributed by atoms with Crippen molar-refractivity contribution in [2.45, 2.75) is 26.7 Å². The number of rotatable bonds is 6. The molecule has 0 aliphatic carbocycles. The number of hydrogen-bond acceptors (Lipinski definition) is 2. The van der Waals surface area contributed by atoms with Gasteiger partial charge in [0.05, 0.1) is 0 Å². The molecule has 0 aliphatic heterocycles. The second-order valence-electron chi connectivity index (χ2n) is 3.33. The van der Waals surface area contributed by atoms with Gasteiger partial charge in [0, 0.05) is 0 Å². The molecule has 2 heteroatoms. The van der Waals surface area contributed by atoms with Crippen LogP contribution in [-0.4, -0.2) is 18.6 Å². The van der Waals surface area contributed by atoms with E-state index in [0.29, 0.717) is 5.92 Å². The molecule has 0 aromatic rings. The Morgan fingerprint density at radius 3 is 2.36 bits per heavy atom. The van der Waals surface area contributed by atoms with Crippen LogP contribution >= 0.6 is 11.8 Å². The molecule has 2 unspecified atom stereocenters. The molecule has 0 aliphatic rings. The van der Waals surface area contributed by atoms with Gasteiger partial charge >= 0.3 is 0 Å². The smallest absolute Gasteiger partial charge is 0.00490 e. The SMILES string of the molecule is CSCCCC(C)C(C)CN. The fraction of sp³-hybridized carbons (Fsp3) is 1.00. The van der Waals surface area contributed by atoms with Gasteiger partial charge < -0.3 is 5.73 Å². The van der Waals surface area contributed by atoms with E-state index in [-0.39, 0.29) is 0 Å². The minimum Gasteiger partial charge on any atom is -0.330 e. The van der Waals surface area contributed by atoms with Crippen molar-refractivity contribution < 1.29 is 0 Å². The van der Waals surface area contributed by atoms with Crippen molar-refractivity contribution in [1.29, 1.82) is 0 Å². The van der Waals surface area contributed by atoms with Crippen molar-refractivity contribution in [3.8, 4) is 0 Å². The van der Waals surface area contributed by atoms with Gasteiger partial charge in [-0.3, -0.25) is 0 Å². The zero-order valence-electron chi connectivity index (χ0n) is 7.97. The van der Waals surface area contributed by atoms with Crippen LogP contribution in [0.2, 0.25) is 0 Å². The Bertz CT molecular complexity index is 85.6. The normalized spacial score (nSPS) is 16.4. The van der Waals surface area contributed by atoms with Gasteiger partial charge in [-0.1, -0.05) is 13.8 Å². The molecule has 0 aromatic heterocycles. The van der Waals surface area contributed by atoms with Crippen LogP contribution in [0.25, 0.3) is 0 Å². The Hall–Kier alpha value is 0.310. The first-order valence-electron chi connectivity index (χ1n) is 4.41. The van der Waals surface area contributed by atoms with Crippen molar-refractivity contribution in [3.63, 3.8) is 0 Å². The van der Waals surface area contributed by atoms with Gasteiger partial charge in [0.2, 0.25) is 0 Å². The van der Waals surface area contributed by atoms with Gasteiger partial charge in [-0.25, -0.2) is 0 Å². The molecular weight excluding hydrogens is 154 g/mol. The molecule has 11 heavy (non-hydrogen) atoms. The molecule has 0 heterocycles. The van der Waals surface area contributed by atoms with Gasteiger partial charge in [0.1, 0.15) is 0 Å². The van der Waals surface area contributed by atoms with E-state index in [4.69, 9.17) is 5.73 Å². The first kappa shape index (κ1) is 11.3. The molecular formula is C9H21NS. The number of nitrogens with two attached hydrogens (primary N) is 1. The lowest BCUT2D eigenvalue weighted by molar-refractivity contribution is 0.370. The summed E-state index contributed by atoms with van der Waals surface area (Å²) in [7, 11) is 0. The Balaban J connectivity index is 3.28. The molecule has 0 rings (SSSR count). The van der Waals surface area contributed by atoms with E-state index < -0.39 is 0 Å². The van der Waals surface area contributed by atoms with Crippen molar-refractivity contribution in [1.82, 2.24) is 0 Å². The molecule has 0 saturated heterocycles. The van der Waals surface area contributed by atoms with Crippen LogP contribution in [-0.2, 0) is 0 Å². The third-order valence-corrected chi connectivity index (χ3v) is 3.05. The molecule has 2 atom stereocenters. The maximum absolute atomic E-state index is 5.57. The average molecular weight is 175 g/mol. The molecule has 68 valence electrons. The Morgan fingerprint density at radius 1 is 1.27 bits per heavy atom. The lowest BCUT2D eigenvalue weighted by Gasteiger charge is -2.17. The van der Waals surface area contributed by atoms with Gasteiger partial charge in [-0.05, 0) is 43.2 Å². The van der Waals surface area contributed by atoms with Crippen LogP contribution in [0, 0.1) is 11.8 Å². The van der Waals surface area contributed by atoms with Crippen molar-refractivity contribution >= 4 is 11.8 Å². The van der Waals surface area contributed by atoms with E-state index in [1.807, 2.05) is 11.8 Å². The predicted molar refractivity (Wildman–Crippen MR) is 55.0 cm³/mol. The molecule has 0 aromatic carbocycles. The monoisotopic (exact) mass is 175 g/mol.